The largest absolute Gasteiger partial charge is 0.490 e. The summed E-state index contributed by atoms with van der Waals surface area (Å²) in [4.78, 5) is 10.8. The smallest absolute Gasteiger partial charge is 0.280 e. The molecule has 4 heterocycles. The Morgan fingerprint density at radius 2 is 1.83 bits per heavy atom. The molecule has 4 rings (SSSR count). The van der Waals surface area contributed by atoms with Crippen LogP contribution >= 0.6 is 0 Å². The molecule has 29 heavy (non-hydrogen) atoms. The lowest BCUT2D eigenvalue weighted by atomic mass is 10.0. The highest BCUT2D eigenvalue weighted by Crippen LogP contribution is 2.32. The first-order chi connectivity index (χ1) is 14.0. The van der Waals surface area contributed by atoms with Gasteiger partial charge in [-0.15, -0.1) is 0 Å². The van der Waals surface area contributed by atoms with Gasteiger partial charge in [-0.05, 0) is 38.8 Å². The van der Waals surface area contributed by atoms with Gasteiger partial charge in [0.05, 0.1) is 5.69 Å². The molecule has 0 spiro atoms. The lowest BCUT2D eigenvalue weighted by molar-refractivity contribution is 0.0774. The second-order valence-electron chi connectivity index (χ2n) is 7.44. The number of halogens is 2. The number of aryl methyl sites for hydroxylation is 1. The fraction of sp³-hybridized carbons (Fsp3) is 0.524. The Bertz CT molecular complexity index is 857. The molecule has 0 aliphatic carbocycles. The Kier molecular flexibility index (Phi) is 5.80. The van der Waals surface area contributed by atoms with Crippen molar-refractivity contribution in [1.29, 1.82) is 0 Å². The van der Waals surface area contributed by atoms with E-state index in [9.17, 15) is 8.78 Å². The van der Waals surface area contributed by atoms with Gasteiger partial charge in [0.15, 0.2) is 5.75 Å². The minimum atomic E-state index is -2.60. The van der Waals surface area contributed by atoms with Crippen molar-refractivity contribution in [3.8, 4) is 17.4 Å². The maximum atomic E-state index is 13.0. The molecule has 0 N–H and O–H groups in total. The lowest BCUT2D eigenvalue weighted by Crippen LogP contribution is -2.39. The van der Waals surface area contributed by atoms with E-state index in [1.807, 2.05) is 12.1 Å². The zero-order chi connectivity index (χ0) is 20.4. The summed E-state index contributed by atoms with van der Waals surface area (Å²) in [5.74, 6) is 1.71. The minimum absolute atomic E-state index is 0.000928. The van der Waals surface area contributed by atoms with Crippen molar-refractivity contribution in [2.75, 3.05) is 26.3 Å². The molecule has 2 aliphatic heterocycles. The van der Waals surface area contributed by atoms with E-state index in [-0.39, 0.29) is 17.8 Å². The third kappa shape index (κ3) is 4.58. The first-order valence-electron chi connectivity index (χ1n) is 9.93. The molecule has 6 nitrogen and oxygen atoms in total. The lowest BCUT2D eigenvalue weighted by Gasteiger charge is -2.36. The zero-order valence-electron chi connectivity index (χ0n) is 16.6. The van der Waals surface area contributed by atoms with Crippen molar-refractivity contribution in [3.63, 3.8) is 0 Å². The number of piperidine rings is 1. The van der Waals surface area contributed by atoms with Crippen LogP contribution in [0.1, 0.15) is 49.3 Å². The number of hydrogen-bond acceptors (Lipinski definition) is 6. The topological polar surface area (TPSA) is 56.7 Å². The second kappa shape index (κ2) is 8.49. The zero-order valence-corrected chi connectivity index (χ0v) is 16.6. The number of likely N-dealkylation sites (tertiary alicyclic amines) is 1. The summed E-state index contributed by atoms with van der Waals surface area (Å²) in [7, 11) is 0. The Labute approximate surface area is 168 Å². The van der Waals surface area contributed by atoms with Gasteiger partial charge in [-0.3, -0.25) is 9.88 Å². The van der Waals surface area contributed by atoms with Crippen LogP contribution in [0.3, 0.4) is 0 Å². The molecule has 0 saturated carbocycles. The van der Waals surface area contributed by atoms with E-state index in [0.29, 0.717) is 36.3 Å². The van der Waals surface area contributed by atoms with E-state index >= 15 is 0 Å². The highest BCUT2D eigenvalue weighted by Gasteiger charge is 2.27. The predicted octanol–water partition coefficient (Wildman–Crippen LogP) is 4.10. The van der Waals surface area contributed by atoms with Crippen molar-refractivity contribution < 1.29 is 23.0 Å². The van der Waals surface area contributed by atoms with Crippen molar-refractivity contribution in [2.45, 2.75) is 45.3 Å². The summed E-state index contributed by atoms with van der Waals surface area (Å²) in [5.41, 5.74) is 1.24. The minimum Gasteiger partial charge on any atom is -0.490 e. The average molecular weight is 405 g/mol. The molecule has 1 saturated heterocycles. The molecule has 2 aliphatic rings. The quantitative estimate of drug-likeness (QED) is 0.747. The molecule has 0 radical (unpaired) electrons. The van der Waals surface area contributed by atoms with Crippen LogP contribution in [0.5, 0.6) is 17.4 Å². The molecule has 0 bridgehead atoms. The first-order valence-corrected chi connectivity index (χ1v) is 9.93. The van der Waals surface area contributed by atoms with Gasteiger partial charge in [0.2, 0.25) is 0 Å². The van der Waals surface area contributed by atoms with Crippen LogP contribution in [-0.4, -0.2) is 47.3 Å². The Morgan fingerprint density at radius 1 is 1.07 bits per heavy atom. The predicted molar refractivity (Wildman–Crippen MR) is 103 cm³/mol. The van der Waals surface area contributed by atoms with Crippen LogP contribution in [0.15, 0.2) is 24.3 Å². The number of aromatic nitrogens is 2. The Morgan fingerprint density at radius 3 is 2.59 bits per heavy atom. The van der Waals surface area contributed by atoms with Crippen molar-refractivity contribution in [1.82, 2.24) is 14.9 Å². The SMILES string of the molecule is Cc1cc(OC2CCN(C(C)c3ccc4c(n3)OCCO4)CC2)cc(C(F)F)n1. The van der Waals surface area contributed by atoms with Crippen molar-refractivity contribution in [3.05, 3.63) is 41.3 Å². The van der Waals surface area contributed by atoms with Gasteiger partial charge in [0, 0.05) is 37.0 Å². The summed E-state index contributed by atoms with van der Waals surface area (Å²) < 4.78 is 43.0. The summed E-state index contributed by atoms with van der Waals surface area (Å²) in [6, 6.07) is 7.08. The molecule has 1 atom stereocenters. The van der Waals surface area contributed by atoms with Crippen LogP contribution in [-0.2, 0) is 0 Å². The number of ether oxygens (including phenoxy) is 3. The van der Waals surface area contributed by atoms with Crippen LogP contribution in [0.2, 0.25) is 0 Å². The maximum absolute atomic E-state index is 13.0. The third-order valence-electron chi connectivity index (χ3n) is 5.35. The third-order valence-corrected chi connectivity index (χ3v) is 5.35. The number of fused-ring (bicyclic) bond motifs is 1. The summed E-state index contributed by atoms with van der Waals surface area (Å²) in [5, 5.41) is 0. The van der Waals surface area contributed by atoms with Crippen LogP contribution in [0, 0.1) is 6.92 Å². The van der Waals surface area contributed by atoms with E-state index in [2.05, 4.69) is 21.8 Å². The van der Waals surface area contributed by atoms with Gasteiger partial charge >= 0.3 is 0 Å². The monoisotopic (exact) mass is 405 g/mol. The van der Waals surface area contributed by atoms with Crippen LogP contribution in [0.4, 0.5) is 8.78 Å². The van der Waals surface area contributed by atoms with E-state index < -0.39 is 6.43 Å². The molecule has 1 unspecified atom stereocenters. The number of hydrogen-bond donors (Lipinski definition) is 0. The van der Waals surface area contributed by atoms with E-state index in [1.165, 1.54) is 6.07 Å². The number of rotatable bonds is 5. The van der Waals surface area contributed by atoms with Crippen molar-refractivity contribution in [2.24, 2.45) is 0 Å². The number of alkyl halides is 2. The normalized spacial score (nSPS) is 18.7. The van der Waals surface area contributed by atoms with E-state index in [4.69, 9.17) is 14.2 Å². The summed E-state index contributed by atoms with van der Waals surface area (Å²) >= 11 is 0. The molecule has 2 aromatic rings. The van der Waals surface area contributed by atoms with Gasteiger partial charge in [-0.25, -0.2) is 13.8 Å². The summed E-state index contributed by atoms with van der Waals surface area (Å²) in [6.45, 7) is 6.57. The summed E-state index contributed by atoms with van der Waals surface area (Å²) in [6.07, 6.45) is -0.960. The molecule has 156 valence electrons. The maximum Gasteiger partial charge on any atom is 0.280 e. The molecule has 0 amide bonds. The second-order valence-corrected chi connectivity index (χ2v) is 7.44. The molecular formula is C21H25F2N3O3. The molecule has 2 aromatic heterocycles. The fourth-order valence-corrected chi connectivity index (χ4v) is 3.78. The molecule has 8 heteroatoms. The Hall–Kier alpha value is -2.48. The van der Waals surface area contributed by atoms with Crippen molar-refractivity contribution >= 4 is 0 Å². The molecule has 0 aromatic carbocycles. The van der Waals surface area contributed by atoms with Gasteiger partial charge in [-0.1, -0.05) is 0 Å². The van der Waals surface area contributed by atoms with Gasteiger partial charge in [-0.2, -0.15) is 0 Å². The highest BCUT2D eigenvalue weighted by atomic mass is 19.3. The van der Waals surface area contributed by atoms with Crippen LogP contribution in [0.25, 0.3) is 0 Å². The average Bonchev–Trinajstić information content (AvgIpc) is 2.73. The van der Waals surface area contributed by atoms with Crippen LogP contribution < -0.4 is 14.2 Å². The molecular weight excluding hydrogens is 380 g/mol. The van der Waals surface area contributed by atoms with Gasteiger partial charge in [0.25, 0.3) is 12.3 Å². The highest BCUT2D eigenvalue weighted by molar-refractivity contribution is 5.36. The van der Waals surface area contributed by atoms with Gasteiger partial charge in [0.1, 0.15) is 30.8 Å². The Balaban J connectivity index is 1.36. The molecule has 1 fully saturated rings. The first kappa shape index (κ1) is 19.8. The fourth-order valence-electron chi connectivity index (χ4n) is 3.78. The number of nitrogens with zero attached hydrogens (tertiary/aromatic N) is 3. The van der Waals surface area contributed by atoms with E-state index in [1.54, 1.807) is 13.0 Å². The standard InChI is InChI=1S/C21H25F2N3O3/c1-13-11-16(12-18(24-13)20(22)23)29-15-5-7-26(8-6-15)14(2)17-3-4-19-21(25-17)28-10-9-27-19/h3-4,11-12,14-15,20H,5-10H2,1-2H3. The number of pyridine rings is 2. The van der Waals surface area contributed by atoms with E-state index in [0.717, 1.165) is 31.6 Å². The van der Waals surface area contributed by atoms with Gasteiger partial charge < -0.3 is 14.2 Å².